The molecule has 0 aliphatic rings. The van der Waals surface area contributed by atoms with E-state index >= 15 is 0 Å². The van der Waals surface area contributed by atoms with Crippen LogP contribution in [0.15, 0.2) is 48.9 Å². The van der Waals surface area contributed by atoms with Crippen LogP contribution in [0.4, 0.5) is 0 Å². The molecule has 0 aliphatic carbocycles. The lowest BCUT2D eigenvalue weighted by Gasteiger charge is -1.96. The van der Waals surface area contributed by atoms with E-state index in [1.165, 1.54) is 21.7 Å². The van der Waals surface area contributed by atoms with E-state index in [4.69, 9.17) is 0 Å². The standard InChI is InChI=1S/C13H9N3/c1-2-4-10-9(3-1)8-16-6-5-12-11(13(10)16)7-14-15-12/h1-8H,(H,14,15). The van der Waals surface area contributed by atoms with Gasteiger partial charge in [-0.05, 0) is 6.07 Å². The van der Waals surface area contributed by atoms with Crippen LogP contribution in [0.5, 0.6) is 0 Å². The van der Waals surface area contributed by atoms with Gasteiger partial charge in [-0.25, -0.2) is 0 Å². The molecule has 0 unspecified atom stereocenters. The van der Waals surface area contributed by atoms with E-state index in [0.717, 1.165) is 5.52 Å². The number of H-pyrrole nitrogens is 1. The first-order valence-electron chi connectivity index (χ1n) is 5.25. The Balaban J connectivity index is 2.42. The van der Waals surface area contributed by atoms with Gasteiger partial charge in [0.25, 0.3) is 0 Å². The van der Waals surface area contributed by atoms with E-state index in [0.29, 0.717) is 0 Å². The van der Waals surface area contributed by atoms with Crippen LogP contribution in [0.1, 0.15) is 0 Å². The Kier molecular flexibility index (Phi) is 1.31. The summed E-state index contributed by atoms with van der Waals surface area (Å²) in [6.07, 6.45) is 6.10. The van der Waals surface area contributed by atoms with Gasteiger partial charge in [-0.2, -0.15) is 5.10 Å². The number of rotatable bonds is 0. The second kappa shape index (κ2) is 2.64. The zero-order chi connectivity index (χ0) is 10.5. The van der Waals surface area contributed by atoms with Gasteiger partial charge in [-0.3, -0.25) is 5.10 Å². The summed E-state index contributed by atoms with van der Waals surface area (Å²) in [4.78, 5) is 0. The van der Waals surface area contributed by atoms with Crippen molar-refractivity contribution in [1.29, 1.82) is 0 Å². The maximum absolute atomic E-state index is 4.10. The molecule has 0 aliphatic heterocycles. The molecule has 3 nitrogen and oxygen atoms in total. The van der Waals surface area contributed by atoms with Crippen LogP contribution in [-0.2, 0) is 0 Å². The van der Waals surface area contributed by atoms with E-state index in [2.05, 4.69) is 51.3 Å². The summed E-state index contributed by atoms with van der Waals surface area (Å²) >= 11 is 0. The third kappa shape index (κ3) is 0.852. The SMILES string of the molecule is c1ccc2c(c1)cn1ccc3[nH]ncc3c21. The first-order valence-corrected chi connectivity index (χ1v) is 5.25. The van der Waals surface area contributed by atoms with E-state index in [9.17, 15) is 0 Å². The molecule has 3 heteroatoms. The number of aromatic amines is 1. The molecule has 76 valence electrons. The van der Waals surface area contributed by atoms with Crippen LogP contribution in [0.25, 0.3) is 27.2 Å². The summed E-state index contributed by atoms with van der Waals surface area (Å²) < 4.78 is 2.16. The lowest BCUT2D eigenvalue weighted by atomic mass is 10.1. The van der Waals surface area contributed by atoms with Crippen LogP contribution in [0, 0.1) is 0 Å². The van der Waals surface area contributed by atoms with Crippen molar-refractivity contribution < 1.29 is 0 Å². The fourth-order valence-electron chi connectivity index (χ4n) is 2.35. The van der Waals surface area contributed by atoms with E-state index in [1.54, 1.807) is 0 Å². The van der Waals surface area contributed by atoms with E-state index in [1.807, 2.05) is 12.3 Å². The molecule has 3 aromatic heterocycles. The summed E-state index contributed by atoms with van der Waals surface area (Å²) in [6, 6.07) is 10.5. The zero-order valence-electron chi connectivity index (χ0n) is 8.51. The number of fused-ring (bicyclic) bond motifs is 5. The molecular weight excluding hydrogens is 198 g/mol. The number of nitrogens with zero attached hydrogens (tertiary/aromatic N) is 2. The Bertz CT molecular complexity index is 808. The van der Waals surface area contributed by atoms with Gasteiger partial charge in [0.2, 0.25) is 0 Å². The third-order valence-electron chi connectivity index (χ3n) is 3.08. The molecule has 1 N–H and O–H groups in total. The number of hydrogen-bond donors (Lipinski definition) is 1. The smallest absolute Gasteiger partial charge is 0.0686 e. The molecule has 0 saturated heterocycles. The predicted molar refractivity (Wildman–Crippen MR) is 64.6 cm³/mol. The first-order chi connectivity index (χ1) is 7.93. The average Bonchev–Trinajstić information content (AvgIpc) is 2.91. The van der Waals surface area contributed by atoms with Gasteiger partial charge in [-0.15, -0.1) is 0 Å². The van der Waals surface area contributed by atoms with Crippen LogP contribution in [0.3, 0.4) is 0 Å². The minimum absolute atomic E-state index is 1.08. The highest BCUT2D eigenvalue weighted by molar-refractivity contribution is 6.09. The normalized spacial score (nSPS) is 11.8. The molecule has 16 heavy (non-hydrogen) atoms. The van der Waals surface area contributed by atoms with Gasteiger partial charge in [0.05, 0.1) is 17.2 Å². The minimum Gasteiger partial charge on any atom is -0.322 e. The summed E-state index contributed by atoms with van der Waals surface area (Å²) in [5.41, 5.74) is 2.30. The highest BCUT2D eigenvalue weighted by atomic mass is 15.1. The predicted octanol–water partition coefficient (Wildman–Crippen LogP) is 2.97. The molecule has 4 aromatic rings. The molecule has 1 aromatic carbocycles. The molecule has 0 fully saturated rings. The lowest BCUT2D eigenvalue weighted by molar-refractivity contribution is 1.12. The largest absolute Gasteiger partial charge is 0.322 e. The van der Waals surface area contributed by atoms with Gasteiger partial charge in [-0.1, -0.05) is 24.3 Å². The van der Waals surface area contributed by atoms with Crippen LogP contribution in [-0.4, -0.2) is 14.6 Å². The second-order valence-corrected chi connectivity index (χ2v) is 3.99. The van der Waals surface area contributed by atoms with Crippen LogP contribution >= 0.6 is 0 Å². The lowest BCUT2D eigenvalue weighted by Crippen LogP contribution is -1.80. The van der Waals surface area contributed by atoms with Crippen molar-refractivity contribution >= 4 is 27.2 Å². The fourth-order valence-corrected chi connectivity index (χ4v) is 2.35. The van der Waals surface area contributed by atoms with Crippen molar-refractivity contribution in [3.8, 4) is 0 Å². The molecule has 0 amide bonds. The van der Waals surface area contributed by atoms with Crippen molar-refractivity contribution in [1.82, 2.24) is 14.6 Å². The number of nitrogens with one attached hydrogen (secondary N) is 1. The molecule has 4 rings (SSSR count). The summed E-state index contributed by atoms with van der Waals surface area (Å²) in [5, 5.41) is 10.8. The van der Waals surface area contributed by atoms with E-state index < -0.39 is 0 Å². The Hall–Kier alpha value is -2.29. The van der Waals surface area contributed by atoms with Crippen molar-refractivity contribution in [2.75, 3.05) is 0 Å². The molecule has 0 atom stereocenters. The Morgan fingerprint density at radius 2 is 2.00 bits per heavy atom. The van der Waals surface area contributed by atoms with Crippen molar-refractivity contribution in [2.45, 2.75) is 0 Å². The number of aromatic nitrogens is 3. The second-order valence-electron chi connectivity index (χ2n) is 3.99. The van der Waals surface area contributed by atoms with Crippen LogP contribution < -0.4 is 0 Å². The topological polar surface area (TPSA) is 33.1 Å². The Morgan fingerprint density at radius 3 is 3.00 bits per heavy atom. The van der Waals surface area contributed by atoms with Gasteiger partial charge in [0.15, 0.2) is 0 Å². The van der Waals surface area contributed by atoms with E-state index in [-0.39, 0.29) is 0 Å². The average molecular weight is 207 g/mol. The van der Waals surface area contributed by atoms with Crippen molar-refractivity contribution in [3.05, 3.63) is 48.9 Å². The molecule has 3 heterocycles. The molecule has 0 saturated carbocycles. The fraction of sp³-hybridized carbons (Fsp3) is 0. The Labute approximate surface area is 91.3 Å². The monoisotopic (exact) mass is 207 g/mol. The quantitative estimate of drug-likeness (QED) is 0.472. The summed E-state index contributed by atoms with van der Waals surface area (Å²) in [5.74, 6) is 0. The van der Waals surface area contributed by atoms with Crippen LogP contribution in [0.2, 0.25) is 0 Å². The Morgan fingerprint density at radius 1 is 1.06 bits per heavy atom. The summed E-state index contributed by atoms with van der Waals surface area (Å²) in [6.45, 7) is 0. The molecule has 0 radical (unpaired) electrons. The maximum Gasteiger partial charge on any atom is 0.0686 e. The van der Waals surface area contributed by atoms with Crippen molar-refractivity contribution in [2.24, 2.45) is 0 Å². The highest BCUT2D eigenvalue weighted by Crippen LogP contribution is 2.27. The number of hydrogen-bond acceptors (Lipinski definition) is 1. The first kappa shape index (κ1) is 7.93. The minimum atomic E-state index is 1.08. The maximum atomic E-state index is 4.10. The summed E-state index contributed by atoms with van der Waals surface area (Å²) in [7, 11) is 0. The molecule has 0 bridgehead atoms. The van der Waals surface area contributed by atoms with Gasteiger partial charge in [0, 0.05) is 28.6 Å². The van der Waals surface area contributed by atoms with Gasteiger partial charge in [0.1, 0.15) is 0 Å². The molecular formula is C13H9N3. The van der Waals surface area contributed by atoms with Crippen molar-refractivity contribution in [3.63, 3.8) is 0 Å². The number of pyridine rings is 1. The van der Waals surface area contributed by atoms with Gasteiger partial charge >= 0.3 is 0 Å². The highest BCUT2D eigenvalue weighted by Gasteiger charge is 2.06. The third-order valence-corrected chi connectivity index (χ3v) is 3.08. The number of benzene rings is 1. The van der Waals surface area contributed by atoms with Gasteiger partial charge < -0.3 is 4.40 Å². The zero-order valence-corrected chi connectivity index (χ0v) is 8.51. The molecule has 0 spiro atoms.